The molecule has 5 rings (SSSR count). The standard InChI is InChI=1S/C28H46O7/c1-6-33-23(31)10-7-15(2)16-8-9-17-24-18(14-22(30)27(16,17)4)26(3)12-11-21-25(19(26)13-20(24)29)35-28(5,32)34-21/h15-22,24-25,29-30,32H,6-14H2,1-5H3/t15-,16?,17+,18+,19-,20-,21-,22+,24+,25+,26-,27-,28?/m1/s1. The van der Waals surface area contributed by atoms with Crippen LogP contribution in [0.2, 0.25) is 0 Å². The van der Waals surface area contributed by atoms with Gasteiger partial charge in [-0.05, 0) is 98.2 Å². The molecule has 200 valence electrons. The lowest BCUT2D eigenvalue weighted by atomic mass is 9.42. The molecule has 2 unspecified atom stereocenters. The zero-order valence-electron chi connectivity index (χ0n) is 22.1. The highest BCUT2D eigenvalue weighted by molar-refractivity contribution is 5.69. The lowest BCUT2D eigenvalue weighted by Crippen LogP contribution is -2.64. The average molecular weight is 495 g/mol. The van der Waals surface area contributed by atoms with Crippen molar-refractivity contribution in [1.82, 2.24) is 0 Å². The summed E-state index contributed by atoms with van der Waals surface area (Å²) in [5.41, 5.74) is -0.321. The van der Waals surface area contributed by atoms with Gasteiger partial charge in [0.15, 0.2) is 0 Å². The van der Waals surface area contributed by atoms with Crippen molar-refractivity contribution in [2.45, 2.75) is 116 Å². The molecule has 3 N–H and O–H groups in total. The van der Waals surface area contributed by atoms with Crippen LogP contribution in [0.25, 0.3) is 0 Å². The Kier molecular flexibility index (Phi) is 6.61. The van der Waals surface area contributed by atoms with Gasteiger partial charge in [0.2, 0.25) is 0 Å². The van der Waals surface area contributed by atoms with Gasteiger partial charge in [0, 0.05) is 13.3 Å². The summed E-state index contributed by atoms with van der Waals surface area (Å²) < 4.78 is 16.9. The van der Waals surface area contributed by atoms with Gasteiger partial charge in [-0.2, -0.15) is 0 Å². The predicted octanol–water partition coefficient (Wildman–Crippen LogP) is 3.63. The van der Waals surface area contributed by atoms with E-state index in [0.717, 1.165) is 32.1 Å². The Hall–Kier alpha value is -0.730. The Morgan fingerprint density at radius 3 is 2.51 bits per heavy atom. The first kappa shape index (κ1) is 25.9. The number of ether oxygens (including phenoxy) is 3. The molecule has 0 spiro atoms. The van der Waals surface area contributed by atoms with Gasteiger partial charge >= 0.3 is 5.97 Å². The number of aliphatic hydroxyl groups is 3. The van der Waals surface area contributed by atoms with Gasteiger partial charge < -0.3 is 29.5 Å². The average Bonchev–Trinajstić information content (AvgIpc) is 3.30. The van der Waals surface area contributed by atoms with Crippen molar-refractivity contribution in [3.05, 3.63) is 0 Å². The van der Waals surface area contributed by atoms with Crippen molar-refractivity contribution in [3.63, 3.8) is 0 Å². The van der Waals surface area contributed by atoms with E-state index < -0.39 is 18.2 Å². The Morgan fingerprint density at radius 1 is 1.06 bits per heavy atom. The van der Waals surface area contributed by atoms with Gasteiger partial charge in [0.25, 0.3) is 5.97 Å². The second-order valence-corrected chi connectivity index (χ2v) is 13.0. The van der Waals surface area contributed by atoms with Crippen molar-refractivity contribution in [1.29, 1.82) is 0 Å². The normalized spacial score (nSPS) is 53.8. The number of esters is 1. The summed E-state index contributed by atoms with van der Waals surface area (Å²) in [7, 11) is 0. The summed E-state index contributed by atoms with van der Waals surface area (Å²) in [5.74, 6) is -0.327. The monoisotopic (exact) mass is 494 g/mol. The number of carbonyl (C=O) groups excluding carboxylic acids is 1. The summed E-state index contributed by atoms with van der Waals surface area (Å²) >= 11 is 0. The number of rotatable bonds is 5. The Bertz CT molecular complexity index is 815. The van der Waals surface area contributed by atoms with Gasteiger partial charge in [-0.3, -0.25) is 4.79 Å². The van der Waals surface area contributed by atoms with Crippen LogP contribution in [-0.4, -0.2) is 58.3 Å². The van der Waals surface area contributed by atoms with E-state index >= 15 is 0 Å². The fourth-order valence-electron chi connectivity index (χ4n) is 9.78. The van der Waals surface area contributed by atoms with E-state index in [2.05, 4.69) is 20.8 Å². The predicted molar refractivity (Wildman–Crippen MR) is 129 cm³/mol. The molecule has 0 aromatic carbocycles. The number of hydrogen-bond acceptors (Lipinski definition) is 7. The fraction of sp³-hybridized carbons (Fsp3) is 0.964. The maximum absolute atomic E-state index is 12.0. The molecule has 0 bridgehead atoms. The molecule has 1 heterocycles. The number of fused-ring (bicyclic) bond motifs is 7. The van der Waals surface area contributed by atoms with Gasteiger partial charge in [0.05, 0.1) is 31.0 Å². The Labute approximate surface area is 209 Å². The van der Waals surface area contributed by atoms with E-state index in [1.54, 1.807) is 6.92 Å². The van der Waals surface area contributed by atoms with Crippen LogP contribution in [0.5, 0.6) is 0 Å². The topological polar surface area (TPSA) is 105 Å². The largest absolute Gasteiger partial charge is 0.466 e. The van der Waals surface area contributed by atoms with E-state index in [9.17, 15) is 20.1 Å². The maximum Gasteiger partial charge on any atom is 0.305 e. The zero-order valence-corrected chi connectivity index (χ0v) is 22.1. The molecular weight excluding hydrogens is 448 g/mol. The molecule has 4 saturated carbocycles. The number of hydrogen-bond donors (Lipinski definition) is 3. The molecule has 0 aromatic rings. The van der Waals surface area contributed by atoms with E-state index in [-0.39, 0.29) is 52.7 Å². The van der Waals surface area contributed by atoms with Crippen molar-refractivity contribution in [3.8, 4) is 0 Å². The molecule has 4 aliphatic carbocycles. The molecule has 1 aliphatic heterocycles. The van der Waals surface area contributed by atoms with Crippen LogP contribution in [0.1, 0.15) is 86.0 Å². The minimum Gasteiger partial charge on any atom is -0.466 e. The van der Waals surface area contributed by atoms with Gasteiger partial charge in [0.1, 0.15) is 0 Å². The highest BCUT2D eigenvalue weighted by Crippen LogP contribution is 2.69. The first-order valence-corrected chi connectivity index (χ1v) is 14.0. The van der Waals surface area contributed by atoms with Crippen molar-refractivity contribution < 1.29 is 34.3 Å². The van der Waals surface area contributed by atoms with Crippen LogP contribution in [0.15, 0.2) is 0 Å². The number of aliphatic hydroxyl groups excluding tert-OH is 2. The zero-order chi connectivity index (χ0) is 25.3. The molecule has 5 aliphatic rings. The highest BCUT2D eigenvalue weighted by atomic mass is 16.9. The molecule has 0 aromatic heterocycles. The minimum absolute atomic E-state index is 0.0647. The van der Waals surface area contributed by atoms with Crippen LogP contribution < -0.4 is 0 Å². The van der Waals surface area contributed by atoms with E-state index in [4.69, 9.17) is 14.2 Å². The molecule has 1 saturated heterocycles. The first-order chi connectivity index (χ1) is 16.4. The molecule has 7 heteroatoms. The van der Waals surface area contributed by atoms with Crippen LogP contribution in [-0.2, 0) is 19.0 Å². The van der Waals surface area contributed by atoms with Crippen LogP contribution >= 0.6 is 0 Å². The Morgan fingerprint density at radius 2 is 1.80 bits per heavy atom. The van der Waals surface area contributed by atoms with Crippen molar-refractivity contribution in [2.75, 3.05) is 6.61 Å². The third-order valence-electron chi connectivity index (χ3n) is 11.4. The molecule has 0 amide bonds. The van der Waals surface area contributed by atoms with Crippen LogP contribution in [0.3, 0.4) is 0 Å². The lowest BCUT2D eigenvalue weighted by Gasteiger charge is -2.64. The molecule has 7 nitrogen and oxygen atoms in total. The maximum atomic E-state index is 12.0. The third kappa shape index (κ3) is 3.99. The summed E-state index contributed by atoms with van der Waals surface area (Å²) in [4.78, 5) is 12.0. The van der Waals surface area contributed by atoms with Crippen molar-refractivity contribution >= 4 is 5.97 Å². The summed E-state index contributed by atoms with van der Waals surface area (Å²) in [5, 5.41) is 33.8. The van der Waals surface area contributed by atoms with Gasteiger partial charge in [-0.15, -0.1) is 0 Å². The second-order valence-electron chi connectivity index (χ2n) is 13.0. The smallest absolute Gasteiger partial charge is 0.305 e. The molecule has 13 atom stereocenters. The summed E-state index contributed by atoms with van der Waals surface area (Å²) in [6, 6.07) is 0. The third-order valence-corrected chi connectivity index (χ3v) is 11.4. The summed E-state index contributed by atoms with van der Waals surface area (Å²) in [6.07, 6.45) is 5.14. The van der Waals surface area contributed by atoms with Crippen LogP contribution in [0.4, 0.5) is 0 Å². The highest BCUT2D eigenvalue weighted by Gasteiger charge is 2.68. The minimum atomic E-state index is -1.56. The summed E-state index contributed by atoms with van der Waals surface area (Å²) in [6.45, 7) is 10.6. The van der Waals surface area contributed by atoms with E-state index in [1.165, 1.54) is 0 Å². The van der Waals surface area contributed by atoms with E-state index in [1.807, 2.05) is 6.92 Å². The first-order valence-electron chi connectivity index (χ1n) is 14.0. The van der Waals surface area contributed by atoms with Crippen LogP contribution in [0, 0.1) is 46.3 Å². The molecule has 5 fully saturated rings. The van der Waals surface area contributed by atoms with Gasteiger partial charge in [-0.25, -0.2) is 0 Å². The van der Waals surface area contributed by atoms with E-state index in [0.29, 0.717) is 37.7 Å². The molecule has 0 radical (unpaired) electrons. The lowest BCUT2D eigenvalue weighted by molar-refractivity contribution is -0.308. The SMILES string of the molecule is CCOC(=O)CC[C@@H](C)C1CC[C@H]2[C@@H]3[C@H](O)C[C@@H]4[C@@H]5OC(C)(O)O[C@@H]5CC[C@]4(C)[C@H]3C[C@H](O)[C@]12C. The molecule has 35 heavy (non-hydrogen) atoms. The quantitative estimate of drug-likeness (QED) is 0.501. The van der Waals surface area contributed by atoms with Gasteiger partial charge in [-0.1, -0.05) is 20.8 Å². The van der Waals surface area contributed by atoms with Crippen molar-refractivity contribution in [2.24, 2.45) is 46.3 Å². The number of carbonyl (C=O) groups is 1. The Balaban J connectivity index is 1.37. The second kappa shape index (κ2) is 8.93. The molecular formula is C28H46O7. The fourth-order valence-corrected chi connectivity index (χ4v) is 9.78.